The summed E-state index contributed by atoms with van der Waals surface area (Å²) in [6.07, 6.45) is -0.181. The lowest BCUT2D eigenvalue weighted by Gasteiger charge is -2.31. The number of aromatic nitrogens is 3. The molecule has 150 valence electrons. The Morgan fingerprint density at radius 3 is 2.54 bits per heavy atom. The van der Waals surface area contributed by atoms with Gasteiger partial charge >= 0.3 is 6.18 Å². The molecule has 0 radical (unpaired) electrons. The number of hydrogen-bond acceptors (Lipinski definition) is 3. The van der Waals surface area contributed by atoms with E-state index in [1.165, 1.54) is 0 Å². The molecule has 1 aliphatic rings. The number of nitrogens with one attached hydrogen (secondary N) is 2. The number of halogens is 4. The van der Waals surface area contributed by atoms with Crippen LogP contribution >= 0.6 is 24.0 Å². The summed E-state index contributed by atoms with van der Waals surface area (Å²) in [4.78, 5) is 4.52. The van der Waals surface area contributed by atoms with E-state index in [0.717, 1.165) is 12.2 Å². The van der Waals surface area contributed by atoms with Gasteiger partial charge in [0.2, 0.25) is 0 Å². The normalized spacial score (nSPS) is 21.2. The van der Waals surface area contributed by atoms with E-state index in [-0.39, 0.29) is 42.9 Å². The lowest BCUT2D eigenvalue weighted by molar-refractivity contribution is -0.182. The van der Waals surface area contributed by atoms with Gasteiger partial charge in [-0.15, -0.1) is 34.2 Å². The summed E-state index contributed by atoms with van der Waals surface area (Å²) >= 11 is 0. The second kappa shape index (κ2) is 10.9. The van der Waals surface area contributed by atoms with Gasteiger partial charge < -0.3 is 15.2 Å². The molecule has 6 nitrogen and oxygen atoms in total. The second-order valence-electron chi connectivity index (χ2n) is 6.29. The molecule has 1 aromatic rings. The molecule has 2 N–H and O–H groups in total. The average molecular weight is 488 g/mol. The third-order valence-corrected chi connectivity index (χ3v) is 4.50. The number of alkyl halides is 3. The van der Waals surface area contributed by atoms with Crippen molar-refractivity contribution in [3.05, 3.63) is 12.2 Å². The molecular weight excluding hydrogens is 460 g/mol. The Hall–Kier alpha value is -1.07. The lowest BCUT2D eigenvalue weighted by atomic mass is 9.85. The van der Waals surface area contributed by atoms with Crippen LogP contribution in [0.3, 0.4) is 0 Å². The third-order valence-electron chi connectivity index (χ3n) is 4.50. The van der Waals surface area contributed by atoms with Gasteiger partial charge in [0.15, 0.2) is 5.96 Å². The van der Waals surface area contributed by atoms with Gasteiger partial charge in [-0.05, 0) is 32.6 Å². The van der Waals surface area contributed by atoms with Crippen LogP contribution in [-0.2, 0) is 13.0 Å². The van der Waals surface area contributed by atoms with Crippen molar-refractivity contribution in [1.82, 2.24) is 25.4 Å². The van der Waals surface area contributed by atoms with Gasteiger partial charge in [0.1, 0.15) is 12.2 Å². The van der Waals surface area contributed by atoms with E-state index >= 15 is 0 Å². The second-order valence-corrected chi connectivity index (χ2v) is 6.29. The predicted molar refractivity (Wildman–Crippen MR) is 106 cm³/mol. The molecule has 10 heteroatoms. The number of nitrogens with zero attached hydrogens (tertiary/aromatic N) is 4. The minimum atomic E-state index is -4.07. The highest BCUT2D eigenvalue weighted by Crippen LogP contribution is 2.37. The van der Waals surface area contributed by atoms with Crippen LogP contribution in [0.2, 0.25) is 0 Å². The van der Waals surface area contributed by atoms with E-state index in [4.69, 9.17) is 0 Å². The Morgan fingerprint density at radius 2 is 1.96 bits per heavy atom. The SMILES string of the molecule is CCNC(=NCCn1cnnc1CC)NC1CCC(C(F)(F)F)CC1.I. The van der Waals surface area contributed by atoms with Crippen LogP contribution in [0.25, 0.3) is 0 Å². The lowest BCUT2D eigenvalue weighted by Crippen LogP contribution is -2.46. The van der Waals surface area contributed by atoms with E-state index in [0.29, 0.717) is 38.4 Å². The molecule has 1 fully saturated rings. The van der Waals surface area contributed by atoms with Crippen molar-refractivity contribution < 1.29 is 13.2 Å². The molecule has 1 aromatic heterocycles. The van der Waals surface area contributed by atoms with Crippen LogP contribution in [-0.4, -0.2) is 46.0 Å². The molecule has 0 unspecified atom stereocenters. The zero-order chi connectivity index (χ0) is 18.3. The summed E-state index contributed by atoms with van der Waals surface area (Å²) in [6.45, 7) is 5.92. The highest BCUT2D eigenvalue weighted by atomic mass is 127. The summed E-state index contributed by atoms with van der Waals surface area (Å²) in [5, 5.41) is 14.3. The largest absolute Gasteiger partial charge is 0.391 e. The number of rotatable bonds is 6. The number of aryl methyl sites for hydroxylation is 1. The summed E-state index contributed by atoms with van der Waals surface area (Å²) in [5.74, 6) is 0.411. The van der Waals surface area contributed by atoms with E-state index in [9.17, 15) is 13.2 Å². The zero-order valence-corrected chi connectivity index (χ0v) is 17.6. The van der Waals surface area contributed by atoms with Crippen LogP contribution in [0, 0.1) is 5.92 Å². The molecule has 2 rings (SSSR count). The van der Waals surface area contributed by atoms with Gasteiger partial charge in [0.05, 0.1) is 12.5 Å². The molecule has 0 bridgehead atoms. The van der Waals surface area contributed by atoms with Crippen molar-refractivity contribution in [1.29, 1.82) is 0 Å². The van der Waals surface area contributed by atoms with Crippen LogP contribution in [0.1, 0.15) is 45.4 Å². The van der Waals surface area contributed by atoms with Gasteiger partial charge in [-0.3, -0.25) is 4.99 Å². The van der Waals surface area contributed by atoms with Crippen molar-refractivity contribution in [2.75, 3.05) is 13.1 Å². The zero-order valence-electron chi connectivity index (χ0n) is 15.2. The Kier molecular flexibility index (Phi) is 9.66. The van der Waals surface area contributed by atoms with Gasteiger partial charge in [0.25, 0.3) is 0 Å². The average Bonchev–Trinajstić information content (AvgIpc) is 3.02. The van der Waals surface area contributed by atoms with Crippen LogP contribution < -0.4 is 10.6 Å². The minimum Gasteiger partial charge on any atom is -0.357 e. The fourth-order valence-electron chi connectivity index (χ4n) is 3.09. The smallest absolute Gasteiger partial charge is 0.357 e. The number of guanidine groups is 1. The molecule has 0 saturated heterocycles. The molecule has 0 atom stereocenters. The van der Waals surface area contributed by atoms with E-state index in [2.05, 4.69) is 25.8 Å². The first-order valence-corrected chi connectivity index (χ1v) is 8.92. The Morgan fingerprint density at radius 1 is 1.27 bits per heavy atom. The first-order chi connectivity index (χ1) is 11.9. The molecule has 0 spiro atoms. The van der Waals surface area contributed by atoms with Crippen LogP contribution in [0.15, 0.2) is 11.3 Å². The maximum Gasteiger partial charge on any atom is 0.391 e. The maximum atomic E-state index is 12.7. The van der Waals surface area contributed by atoms with Crippen molar-refractivity contribution in [3.63, 3.8) is 0 Å². The molecule has 0 aromatic carbocycles. The minimum absolute atomic E-state index is 0. The molecule has 0 amide bonds. The van der Waals surface area contributed by atoms with Crippen molar-refractivity contribution >= 4 is 29.9 Å². The molecule has 1 heterocycles. The molecule has 0 aliphatic heterocycles. The summed E-state index contributed by atoms with van der Waals surface area (Å²) in [5.41, 5.74) is 0. The summed E-state index contributed by atoms with van der Waals surface area (Å²) < 4.78 is 40.2. The van der Waals surface area contributed by atoms with Gasteiger partial charge in [-0.2, -0.15) is 13.2 Å². The highest BCUT2D eigenvalue weighted by Gasteiger charge is 2.41. The summed E-state index contributed by atoms with van der Waals surface area (Å²) in [6, 6.07) is 0.0394. The fourth-order valence-corrected chi connectivity index (χ4v) is 3.09. The van der Waals surface area contributed by atoms with Crippen molar-refractivity contribution in [2.45, 2.75) is 64.7 Å². The fraction of sp³-hybridized carbons (Fsp3) is 0.812. The maximum absolute atomic E-state index is 12.7. The third kappa shape index (κ3) is 6.92. The molecule has 1 aliphatic carbocycles. The van der Waals surface area contributed by atoms with Crippen LogP contribution in [0.5, 0.6) is 0 Å². The monoisotopic (exact) mass is 488 g/mol. The van der Waals surface area contributed by atoms with Gasteiger partial charge in [-0.25, -0.2) is 0 Å². The van der Waals surface area contributed by atoms with Crippen molar-refractivity contribution in [2.24, 2.45) is 10.9 Å². The highest BCUT2D eigenvalue weighted by molar-refractivity contribution is 14.0. The Labute approximate surface area is 169 Å². The van der Waals surface area contributed by atoms with Crippen LogP contribution in [0.4, 0.5) is 13.2 Å². The topological polar surface area (TPSA) is 67.1 Å². The van der Waals surface area contributed by atoms with Gasteiger partial charge in [0, 0.05) is 25.6 Å². The quantitative estimate of drug-likeness (QED) is 0.367. The first-order valence-electron chi connectivity index (χ1n) is 8.92. The van der Waals surface area contributed by atoms with E-state index < -0.39 is 12.1 Å². The summed E-state index contributed by atoms with van der Waals surface area (Å²) in [7, 11) is 0. The number of hydrogen-bond donors (Lipinski definition) is 2. The van der Waals surface area contributed by atoms with Crippen molar-refractivity contribution in [3.8, 4) is 0 Å². The van der Waals surface area contributed by atoms with Gasteiger partial charge in [-0.1, -0.05) is 6.92 Å². The molecular formula is C16H28F3IN6. The van der Waals surface area contributed by atoms with E-state index in [1.54, 1.807) is 6.33 Å². The Bertz CT molecular complexity index is 552. The standard InChI is InChI=1S/C16H27F3N6.HI/c1-3-14-24-22-11-25(14)10-9-21-15(20-4-2)23-13-7-5-12(6-8-13)16(17,18)19;/h11-13H,3-10H2,1-2H3,(H2,20,21,23);1H. The Balaban J connectivity index is 0.00000338. The first kappa shape index (κ1) is 23.0. The van der Waals surface area contributed by atoms with E-state index in [1.807, 2.05) is 18.4 Å². The molecule has 26 heavy (non-hydrogen) atoms. The molecule has 1 saturated carbocycles. The number of aliphatic imine (C=N–C) groups is 1. The predicted octanol–water partition coefficient (Wildman–Crippen LogP) is 3.13.